The number of hydrogen-bond acceptors (Lipinski definition) is 2. The fourth-order valence-electron chi connectivity index (χ4n) is 1.65. The second kappa shape index (κ2) is 5.38. The average Bonchev–Trinajstić information content (AvgIpc) is 2.66. The highest BCUT2D eigenvalue weighted by Gasteiger charge is 2.33. The standard InChI is InChI=1S/C10H16N2O3/c1-2-3-6-11-10(15)12-7-4-5-8(12)9(13)14/h2,8H,1,3-7H2,(H,11,15)(H,13,14)/t8-/m0/s1. The highest BCUT2D eigenvalue weighted by Crippen LogP contribution is 2.17. The van der Waals surface area contributed by atoms with Crippen LogP contribution in [0, 0.1) is 0 Å². The third-order valence-electron chi connectivity index (χ3n) is 2.42. The maximum absolute atomic E-state index is 11.6. The maximum atomic E-state index is 11.6. The number of hydrogen-bond donors (Lipinski definition) is 2. The van der Waals surface area contributed by atoms with Crippen LogP contribution in [-0.2, 0) is 4.79 Å². The molecule has 1 saturated heterocycles. The number of nitrogens with one attached hydrogen (secondary N) is 1. The van der Waals surface area contributed by atoms with Gasteiger partial charge in [-0.15, -0.1) is 6.58 Å². The van der Waals surface area contributed by atoms with Crippen LogP contribution in [0.1, 0.15) is 19.3 Å². The van der Waals surface area contributed by atoms with Gasteiger partial charge < -0.3 is 15.3 Å². The summed E-state index contributed by atoms with van der Waals surface area (Å²) in [7, 11) is 0. The van der Waals surface area contributed by atoms with E-state index in [2.05, 4.69) is 11.9 Å². The van der Waals surface area contributed by atoms with Crippen molar-refractivity contribution in [1.82, 2.24) is 10.2 Å². The lowest BCUT2D eigenvalue weighted by Crippen LogP contribution is -2.46. The van der Waals surface area contributed by atoms with Crippen molar-refractivity contribution in [3.05, 3.63) is 12.7 Å². The zero-order valence-corrected chi connectivity index (χ0v) is 8.61. The Balaban J connectivity index is 2.43. The molecule has 1 atom stereocenters. The monoisotopic (exact) mass is 212 g/mol. The molecule has 1 fully saturated rings. The molecule has 5 nitrogen and oxygen atoms in total. The van der Waals surface area contributed by atoms with Crippen LogP contribution >= 0.6 is 0 Å². The number of carbonyl (C=O) groups excluding carboxylic acids is 1. The van der Waals surface area contributed by atoms with Gasteiger partial charge in [0.05, 0.1) is 0 Å². The number of likely N-dealkylation sites (tertiary alicyclic amines) is 1. The average molecular weight is 212 g/mol. The third-order valence-corrected chi connectivity index (χ3v) is 2.42. The maximum Gasteiger partial charge on any atom is 0.326 e. The summed E-state index contributed by atoms with van der Waals surface area (Å²) in [5.74, 6) is -0.925. The number of carboxylic acid groups (broad SMARTS) is 1. The lowest BCUT2D eigenvalue weighted by atomic mass is 10.2. The van der Waals surface area contributed by atoms with Gasteiger partial charge in [-0.05, 0) is 19.3 Å². The van der Waals surface area contributed by atoms with E-state index < -0.39 is 12.0 Å². The predicted octanol–water partition coefficient (Wildman–Crippen LogP) is 0.821. The smallest absolute Gasteiger partial charge is 0.326 e. The summed E-state index contributed by atoms with van der Waals surface area (Å²) in [5, 5.41) is 11.5. The van der Waals surface area contributed by atoms with Crippen molar-refractivity contribution in [3.8, 4) is 0 Å². The van der Waals surface area contributed by atoms with Gasteiger partial charge in [-0.3, -0.25) is 0 Å². The molecule has 0 aliphatic carbocycles. The van der Waals surface area contributed by atoms with Gasteiger partial charge in [0, 0.05) is 13.1 Å². The molecule has 0 unspecified atom stereocenters. The van der Waals surface area contributed by atoms with Crippen LogP contribution in [0.3, 0.4) is 0 Å². The Morgan fingerprint density at radius 2 is 2.33 bits per heavy atom. The van der Waals surface area contributed by atoms with Gasteiger partial charge in [-0.2, -0.15) is 0 Å². The Hall–Kier alpha value is -1.52. The predicted molar refractivity (Wildman–Crippen MR) is 55.6 cm³/mol. The summed E-state index contributed by atoms with van der Waals surface area (Å²) in [6, 6.07) is -0.949. The first-order chi connectivity index (χ1) is 7.16. The number of aliphatic carboxylic acids is 1. The second-order valence-electron chi connectivity index (χ2n) is 3.50. The molecule has 2 amide bonds. The summed E-state index contributed by atoms with van der Waals surface area (Å²) < 4.78 is 0. The Labute approximate surface area is 88.8 Å². The molecule has 5 heteroatoms. The Kier molecular flexibility index (Phi) is 4.15. The van der Waals surface area contributed by atoms with Crippen LogP contribution < -0.4 is 5.32 Å². The molecule has 0 aromatic rings. The molecular formula is C10H16N2O3. The minimum Gasteiger partial charge on any atom is -0.480 e. The van der Waals surface area contributed by atoms with Gasteiger partial charge >= 0.3 is 12.0 Å². The summed E-state index contributed by atoms with van der Waals surface area (Å²) in [6.45, 7) is 4.57. The summed E-state index contributed by atoms with van der Waals surface area (Å²) >= 11 is 0. The number of amides is 2. The van der Waals surface area contributed by atoms with Crippen molar-refractivity contribution in [3.63, 3.8) is 0 Å². The molecule has 1 rings (SSSR count). The van der Waals surface area contributed by atoms with Crippen LogP contribution in [0.5, 0.6) is 0 Å². The molecule has 1 aliphatic heterocycles. The molecule has 15 heavy (non-hydrogen) atoms. The highest BCUT2D eigenvalue weighted by atomic mass is 16.4. The molecule has 2 N–H and O–H groups in total. The second-order valence-corrected chi connectivity index (χ2v) is 3.50. The van der Waals surface area contributed by atoms with Crippen LogP contribution in [0.15, 0.2) is 12.7 Å². The molecule has 0 spiro atoms. The summed E-state index contributed by atoms with van der Waals surface area (Å²) in [5.41, 5.74) is 0. The SMILES string of the molecule is C=CCCNC(=O)N1CCC[C@H]1C(=O)O. The Morgan fingerprint density at radius 3 is 2.93 bits per heavy atom. The van der Waals surface area contributed by atoms with E-state index in [1.54, 1.807) is 6.08 Å². The van der Waals surface area contributed by atoms with Crippen molar-refractivity contribution in [2.24, 2.45) is 0 Å². The highest BCUT2D eigenvalue weighted by molar-refractivity contribution is 5.83. The Morgan fingerprint density at radius 1 is 1.60 bits per heavy atom. The molecule has 0 bridgehead atoms. The van der Waals surface area contributed by atoms with Gasteiger partial charge in [0.15, 0.2) is 0 Å². The molecule has 1 aliphatic rings. The van der Waals surface area contributed by atoms with Gasteiger partial charge in [0.2, 0.25) is 0 Å². The number of urea groups is 1. The van der Waals surface area contributed by atoms with Crippen LogP contribution in [-0.4, -0.2) is 41.1 Å². The van der Waals surface area contributed by atoms with E-state index in [1.807, 2.05) is 0 Å². The molecular weight excluding hydrogens is 196 g/mol. The fraction of sp³-hybridized carbons (Fsp3) is 0.600. The number of rotatable bonds is 4. The fourth-order valence-corrected chi connectivity index (χ4v) is 1.65. The molecule has 84 valence electrons. The van der Waals surface area contributed by atoms with Crippen molar-refractivity contribution in [2.75, 3.05) is 13.1 Å². The van der Waals surface area contributed by atoms with E-state index in [0.29, 0.717) is 25.9 Å². The zero-order valence-electron chi connectivity index (χ0n) is 8.61. The largest absolute Gasteiger partial charge is 0.480 e. The van der Waals surface area contributed by atoms with E-state index in [4.69, 9.17) is 5.11 Å². The Bertz CT molecular complexity index is 265. The van der Waals surface area contributed by atoms with Gasteiger partial charge in [0.1, 0.15) is 6.04 Å². The first-order valence-electron chi connectivity index (χ1n) is 5.05. The van der Waals surface area contributed by atoms with E-state index >= 15 is 0 Å². The van der Waals surface area contributed by atoms with Crippen LogP contribution in [0.25, 0.3) is 0 Å². The topological polar surface area (TPSA) is 69.6 Å². The van der Waals surface area contributed by atoms with Crippen LogP contribution in [0.2, 0.25) is 0 Å². The molecule has 0 aromatic heterocycles. The lowest BCUT2D eigenvalue weighted by molar-refractivity contribution is -0.141. The van der Waals surface area contributed by atoms with E-state index in [9.17, 15) is 9.59 Å². The molecule has 1 heterocycles. The molecule has 0 aromatic carbocycles. The zero-order chi connectivity index (χ0) is 11.3. The molecule has 0 saturated carbocycles. The quantitative estimate of drug-likeness (QED) is 0.535. The third kappa shape index (κ3) is 2.97. The van der Waals surface area contributed by atoms with Gasteiger partial charge in [0.25, 0.3) is 0 Å². The number of nitrogens with zero attached hydrogens (tertiary/aromatic N) is 1. The van der Waals surface area contributed by atoms with E-state index in [-0.39, 0.29) is 6.03 Å². The molecule has 0 radical (unpaired) electrons. The number of carbonyl (C=O) groups is 2. The van der Waals surface area contributed by atoms with Gasteiger partial charge in [-0.25, -0.2) is 9.59 Å². The number of carboxylic acids is 1. The van der Waals surface area contributed by atoms with Gasteiger partial charge in [-0.1, -0.05) is 6.08 Å². The van der Waals surface area contributed by atoms with Crippen molar-refractivity contribution < 1.29 is 14.7 Å². The first-order valence-corrected chi connectivity index (χ1v) is 5.05. The van der Waals surface area contributed by atoms with Crippen molar-refractivity contribution in [2.45, 2.75) is 25.3 Å². The van der Waals surface area contributed by atoms with Crippen LogP contribution in [0.4, 0.5) is 4.79 Å². The summed E-state index contributed by atoms with van der Waals surface area (Å²) in [4.78, 5) is 23.7. The first kappa shape index (κ1) is 11.6. The minimum atomic E-state index is -0.925. The lowest BCUT2D eigenvalue weighted by Gasteiger charge is -2.21. The minimum absolute atomic E-state index is 0.290. The summed E-state index contributed by atoms with van der Waals surface area (Å²) in [6.07, 6.45) is 3.70. The van der Waals surface area contributed by atoms with Crippen molar-refractivity contribution in [1.29, 1.82) is 0 Å². The normalized spacial score (nSPS) is 20.0. The van der Waals surface area contributed by atoms with Crippen molar-refractivity contribution >= 4 is 12.0 Å². The van der Waals surface area contributed by atoms with E-state index in [0.717, 1.165) is 6.42 Å². The van der Waals surface area contributed by atoms with E-state index in [1.165, 1.54) is 4.90 Å².